The van der Waals surface area contributed by atoms with Crippen LogP contribution < -0.4 is 0 Å². The second-order valence-corrected chi connectivity index (χ2v) is 6.45. The maximum Gasteiger partial charge on any atom is 0.309 e. The molecular weight excluding hydrogens is 296 g/mol. The van der Waals surface area contributed by atoms with Crippen molar-refractivity contribution in [3.63, 3.8) is 0 Å². The number of aliphatic carboxylic acids is 1. The summed E-state index contributed by atoms with van der Waals surface area (Å²) in [6, 6.07) is 0. The Morgan fingerprint density at radius 2 is 1.65 bits per heavy atom. The van der Waals surface area contributed by atoms with Crippen molar-refractivity contribution in [3.8, 4) is 0 Å². The predicted molar refractivity (Wildman–Crippen MR) is 88.2 cm³/mol. The molecule has 1 aliphatic carbocycles. The molecular formula is C18H32O5. The van der Waals surface area contributed by atoms with E-state index in [4.69, 9.17) is 14.6 Å². The minimum Gasteiger partial charge on any atom is -0.481 e. The fraction of sp³-hybridized carbons (Fsp3) is 0.889. The maximum atomic E-state index is 11.9. The number of carboxylic acids is 1. The summed E-state index contributed by atoms with van der Waals surface area (Å²) in [7, 11) is 0. The number of carbonyl (C=O) groups is 2. The first-order valence-corrected chi connectivity index (χ1v) is 9.12. The number of unbranched alkanes of at least 4 members (excludes halogenated alkanes) is 5. The van der Waals surface area contributed by atoms with Crippen molar-refractivity contribution >= 4 is 11.9 Å². The van der Waals surface area contributed by atoms with Crippen LogP contribution >= 0.6 is 0 Å². The zero-order valence-electron chi connectivity index (χ0n) is 14.4. The number of rotatable bonds is 12. The van der Waals surface area contributed by atoms with Crippen LogP contribution in [-0.4, -0.2) is 36.9 Å². The molecule has 5 nitrogen and oxygen atoms in total. The summed E-state index contributed by atoms with van der Waals surface area (Å²) in [5.41, 5.74) is 0. The van der Waals surface area contributed by atoms with Gasteiger partial charge in [-0.1, -0.05) is 45.4 Å². The molecule has 0 spiro atoms. The SMILES string of the molecule is CCCCCCCCOCCOC(=O)C1CCCC(C(=O)O)C1. The van der Waals surface area contributed by atoms with Gasteiger partial charge in [-0.2, -0.15) is 0 Å². The number of esters is 1. The van der Waals surface area contributed by atoms with E-state index in [1.54, 1.807) is 0 Å². The Morgan fingerprint density at radius 3 is 2.39 bits per heavy atom. The molecule has 2 atom stereocenters. The third kappa shape index (κ3) is 8.94. The summed E-state index contributed by atoms with van der Waals surface area (Å²) < 4.78 is 10.7. The van der Waals surface area contributed by atoms with Crippen molar-refractivity contribution in [1.82, 2.24) is 0 Å². The highest BCUT2D eigenvalue weighted by atomic mass is 16.6. The van der Waals surface area contributed by atoms with E-state index in [0.29, 0.717) is 26.1 Å². The molecule has 0 aromatic carbocycles. The van der Waals surface area contributed by atoms with Crippen LogP contribution in [0.4, 0.5) is 0 Å². The number of hydrogen-bond acceptors (Lipinski definition) is 4. The van der Waals surface area contributed by atoms with Gasteiger partial charge in [-0.15, -0.1) is 0 Å². The first kappa shape index (κ1) is 19.9. The van der Waals surface area contributed by atoms with Crippen molar-refractivity contribution in [2.45, 2.75) is 71.1 Å². The molecule has 1 rings (SSSR count). The lowest BCUT2D eigenvalue weighted by molar-refractivity contribution is -0.153. The topological polar surface area (TPSA) is 72.8 Å². The minimum absolute atomic E-state index is 0.261. The lowest BCUT2D eigenvalue weighted by atomic mass is 9.81. The zero-order chi connectivity index (χ0) is 16.9. The van der Waals surface area contributed by atoms with E-state index < -0.39 is 11.9 Å². The maximum absolute atomic E-state index is 11.9. The van der Waals surface area contributed by atoms with Gasteiger partial charge in [0, 0.05) is 6.61 Å². The summed E-state index contributed by atoms with van der Waals surface area (Å²) in [5.74, 6) is -1.72. The van der Waals surface area contributed by atoms with Crippen molar-refractivity contribution < 1.29 is 24.2 Å². The van der Waals surface area contributed by atoms with Crippen LogP contribution in [0.25, 0.3) is 0 Å². The van der Waals surface area contributed by atoms with Gasteiger partial charge < -0.3 is 14.6 Å². The molecule has 0 amide bonds. The van der Waals surface area contributed by atoms with Gasteiger partial charge in [0.2, 0.25) is 0 Å². The summed E-state index contributed by atoms with van der Waals surface area (Å²) in [6.07, 6.45) is 9.97. The Morgan fingerprint density at radius 1 is 0.957 bits per heavy atom. The van der Waals surface area contributed by atoms with E-state index in [-0.39, 0.29) is 18.5 Å². The Bertz CT molecular complexity index is 342. The zero-order valence-corrected chi connectivity index (χ0v) is 14.4. The second-order valence-electron chi connectivity index (χ2n) is 6.45. The Labute approximate surface area is 139 Å². The van der Waals surface area contributed by atoms with Crippen LogP contribution in [0.2, 0.25) is 0 Å². The molecule has 0 saturated heterocycles. The third-order valence-corrected chi connectivity index (χ3v) is 4.47. The van der Waals surface area contributed by atoms with Gasteiger partial charge >= 0.3 is 11.9 Å². The average Bonchev–Trinajstić information content (AvgIpc) is 2.56. The minimum atomic E-state index is -0.801. The smallest absolute Gasteiger partial charge is 0.309 e. The van der Waals surface area contributed by atoms with E-state index in [0.717, 1.165) is 19.3 Å². The molecule has 0 aromatic rings. The van der Waals surface area contributed by atoms with Crippen LogP contribution in [0.1, 0.15) is 71.1 Å². The lowest BCUT2D eigenvalue weighted by Crippen LogP contribution is -2.29. The predicted octanol–water partition coefficient (Wildman–Crippen LogP) is 3.80. The molecule has 134 valence electrons. The first-order valence-electron chi connectivity index (χ1n) is 9.12. The Hall–Kier alpha value is -1.10. The van der Waals surface area contributed by atoms with Gasteiger partial charge in [-0.3, -0.25) is 9.59 Å². The van der Waals surface area contributed by atoms with Gasteiger partial charge in [-0.05, 0) is 25.7 Å². The second kappa shape index (κ2) is 12.3. The van der Waals surface area contributed by atoms with E-state index >= 15 is 0 Å². The summed E-state index contributed by atoms with van der Waals surface area (Å²) in [6.45, 7) is 3.62. The fourth-order valence-electron chi connectivity index (χ4n) is 3.03. The summed E-state index contributed by atoms with van der Waals surface area (Å²) >= 11 is 0. The van der Waals surface area contributed by atoms with E-state index in [2.05, 4.69) is 6.92 Å². The van der Waals surface area contributed by atoms with Crippen LogP contribution in [0.15, 0.2) is 0 Å². The molecule has 0 radical (unpaired) electrons. The van der Waals surface area contributed by atoms with Crippen LogP contribution in [0, 0.1) is 11.8 Å². The van der Waals surface area contributed by atoms with Crippen LogP contribution in [0.3, 0.4) is 0 Å². The number of ether oxygens (including phenoxy) is 2. The molecule has 0 bridgehead atoms. The fourth-order valence-corrected chi connectivity index (χ4v) is 3.03. The quantitative estimate of drug-likeness (QED) is 0.436. The van der Waals surface area contributed by atoms with Crippen LogP contribution in [0.5, 0.6) is 0 Å². The van der Waals surface area contributed by atoms with Crippen molar-refractivity contribution in [3.05, 3.63) is 0 Å². The third-order valence-electron chi connectivity index (χ3n) is 4.47. The standard InChI is InChI=1S/C18H32O5/c1-2-3-4-5-6-7-11-22-12-13-23-18(21)16-10-8-9-15(14-16)17(19)20/h15-16H,2-14H2,1H3,(H,19,20). The lowest BCUT2D eigenvalue weighted by Gasteiger charge is -2.24. The van der Waals surface area contributed by atoms with Crippen LogP contribution in [-0.2, 0) is 19.1 Å². The molecule has 1 N–H and O–H groups in total. The highest BCUT2D eigenvalue weighted by molar-refractivity contribution is 5.75. The number of carboxylic acid groups (broad SMARTS) is 1. The number of hydrogen-bond donors (Lipinski definition) is 1. The van der Waals surface area contributed by atoms with Gasteiger partial charge in [0.15, 0.2) is 0 Å². The first-order chi connectivity index (χ1) is 11.1. The van der Waals surface area contributed by atoms with E-state index in [9.17, 15) is 9.59 Å². The molecule has 0 heterocycles. The van der Waals surface area contributed by atoms with E-state index in [1.807, 2.05) is 0 Å². The molecule has 2 unspecified atom stereocenters. The van der Waals surface area contributed by atoms with Gasteiger partial charge in [0.05, 0.1) is 18.4 Å². The normalized spacial score (nSPS) is 21.1. The van der Waals surface area contributed by atoms with Gasteiger partial charge in [-0.25, -0.2) is 0 Å². The van der Waals surface area contributed by atoms with Crippen molar-refractivity contribution in [2.75, 3.05) is 19.8 Å². The van der Waals surface area contributed by atoms with Crippen molar-refractivity contribution in [2.24, 2.45) is 11.8 Å². The monoisotopic (exact) mass is 328 g/mol. The Balaban J connectivity index is 1.98. The number of carbonyl (C=O) groups excluding carboxylic acids is 1. The van der Waals surface area contributed by atoms with Gasteiger partial charge in [0.1, 0.15) is 6.61 Å². The molecule has 23 heavy (non-hydrogen) atoms. The Kier molecular flexibility index (Phi) is 10.7. The highest BCUT2D eigenvalue weighted by Crippen LogP contribution is 2.29. The molecule has 0 aromatic heterocycles. The van der Waals surface area contributed by atoms with Crippen molar-refractivity contribution in [1.29, 1.82) is 0 Å². The molecule has 5 heteroatoms. The summed E-state index contributed by atoms with van der Waals surface area (Å²) in [4.78, 5) is 22.9. The molecule has 1 aliphatic rings. The molecule has 1 fully saturated rings. The summed E-state index contributed by atoms with van der Waals surface area (Å²) in [5, 5.41) is 9.03. The average molecular weight is 328 g/mol. The molecule has 0 aliphatic heterocycles. The largest absolute Gasteiger partial charge is 0.481 e. The van der Waals surface area contributed by atoms with E-state index in [1.165, 1.54) is 32.1 Å². The highest BCUT2D eigenvalue weighted by Gasteiger charge is 2.31. The molecule has 1 saturated carbocycles. The van der Waals surface area contributed by atoms with Gasteiger partial charge in [0.25, 0.3) is 0 Å².